The van der Waals surface area contributed by atoms with Gasteiger partial charge >= 0.3 is 5.97 Å². The predicted octanol–water partition coefficient (Wildman–Crippen LogP) is 7.21. The molecule has 9 heteroatoms. The predicted molar refractivity (Wildman–Crippen MR) is 141 cm³/mol. The first-order valence-electron chi connectivity index (χ1n) is 10.8. The van der Waals surface area contributed by atoms with E-state index in [2.05, 4.69) is 10.6 Å². The van der Waals surface area contributed by atoms with Crippen LogP contribution in [0.3, 0.4) is 0 Å². The van der Waals surface area contributed by atoms with Crippen molar-refractivity contribution in [3.63, 3.8) is 0 Å². The van der Waals surface area contributed by atoms with Crippen molar-refractivity contribution in [3.05, 3.63) is 93.7 Å². The average molecular weight is 520 g/mol. The fourth-order valence-electron chi connectivity index (χ4n) is 3.44. The van der Waals surface area contributed by atoms with E-state index in [0.29, 0.717) is 16.4 Å². The highest BCUT2D eigenvalue weighted by Crippen LogP contribution is 2.36. The van der Waals surface area contributed by atoms with Gasteiger partial charge in [0.25, 0.3) is 5.91 Å². The molecule has 1 heterocycles. The number of nitriles is 1. The SMILES string of the molecule is CCOC(=O)c1c(Nc2cccc(Cl)c2)oc(/C=C(\C#N)C(=O)Nc2ccc3ccccc3c2)c1Cl. The molecule has 36 heavy (non-hydrogen) atoms. The number of rotatable bonds is 7. The molecule has 1 aromatic heterocycles. The maximum Gasteiger partial charge on any atom is 0.345 e. The van der Waals surface area contributed by atoms with Crippen LogP contribution in [0.5, 0.6) is 0 Å². The summed E-state index contributed by atoms with van der Waals surface area (Å²) in [6.45, 7) is 1.77. The van der Waals surface area contributed by atoms with Crippen molar-refractivity contribution in [1.29, 1.82) is 5.26 Å². The number of carbonyl (C=O) groups is 2. The van der Waals surface area contributed by atoms with Gasteiger partial charge in [-0.2, -0.15) is 5.26 Å². The van der Waals surface area contributed by atoms with E-state index in [4.69, 9.17) is 32.4 Å². The van der Waals surface area contributed by atoms with Gasteiger partial charge in [-0.3, -0.25) is 4.79 Å². The van der Waals surface area contributed by atoms with Crippen LogP contribution in [0.4, 0.5) is 17.3 Å². The highest BCUT2D eigenvalue weighted by Gasteiger charge is 2.26. The minimum absolute atomic E-state index is 0.0146. The van der Waals surface area contributed by atoms with Crippen LogP contribution in [-0.2, 0) is 9.53 Å². The van der Waals surface area contributed by atoms with Gasteiger partial charge in [0.1, 0.15) is 22.2 Å². The quantitative estimate of drug-likeness (QED) is 0.152. The molecule has 0 bridgehead atoms. The Morgan fingerprint density at radius 3 is 2.53 bits per heavy atom. The summed E-state index contributed by atoms with van der Waals surface area (Å²) in [6, 6.07) is 21.7. The molecule has 0 spiro atoms. The third-order valence-electron chi connectivity index (χ3n) is 5.08. The van der Waals surface area contributed by atoms with Crippen LogP contribution in [0.25, 0.3) is 16.8 Å². The van der Waals surface area contributed by atoms with Gasteiger partial charge in [0.05, 0.1) is 6.61 Å². The Hall–Kier alpha value is -4.25. The van der Waals surface area contributed by atoms with Crippen LogP contribution >= 0.6 is 23.2 Å². The first-order chi connectivity index (χ1) is 17.4. The van der Waals surface area contributed by atoms with Crippen molar-refractivity contribution in [3.8, 4) is 6.07 Å². The number of carbonyl (C=O) groups excluding carboxylic acids is 2. The van der Waals surface area contributed by atoms with Gasteiger partial charge in [-0.1, -0.05) is 59.6 Å². The van der Waals surface area contributed by atoms with Crippen LogP contribution < -0.4 is 10.6 Å². The van der Waals surface area contributed by atoms with Gasteiger partial charge in [-0.25, -0.2) is 4.79 Å². The lowest BCUT2D eigenvalue weighted by Crippen LogP contribution is -2.13. The van der Waals surface area contributed by atoms with Crippen molar-refractivity contribution in [2.24, 2.45) is 0 Å². The molecule has 0 aliphatic heterocycles. The summed E-state index contributed by atoms with van der Waals surface area (Å²) >= 11 is 12.5. The van der Waals surface area contributed by atoms with Crippen LogP contribution in [0.2, 0.25) is 10.0 Å². The Morgan fingerprint density at radius 2 is 1.81 bits per heavy atom. The molecular formula is C27H19Cl2N3O4. The summed E-state index contributed by atoms with van der Waals surface area (Å²) in [7, 11) is 0. The number of halogens is 2. The van der Waals surface area contributed by atoms with Crippen LogP contribution in [0.15, 0.2) is 76.7 Å². The standard InChI is InChI=1S/C27H19Cl2N3O4/c1-2-35-27(34)23-24(29)22(36-26(23)32-20-9-5-8-19(28)14-20)13-18(15-30)25(33)31-21-11-10-16-6-3-4-7-17(16)12-21/h3-14,32H,2H2,1H3,(H,31,33)/b18-13+. The minimum atomic E-state index is -0.727. The number of nitrogens with zero attached hydrogens (tertiary/aromatic N) is 1. The Balaban J connectivity index is 1.66. The normalized spacial score (nSPS) is 11.1. The summed E-state index contributed by atoms with van der Waals surface area (Å²) < 4.78 is 10.9. The minimum Gasteiger partial charge on any atom is -0.462 e. The fraction of sp³-hybridized carbons (Fsp3) is 0.0741. The number of furan rings is 1. The molecule has 4 aromatic rings. The molecule has 0 unspecified atom stereocenters. The van der Waals surface area contributed by atoms with E-state index in [-0.39, 0.29) is 34.4 Å². The highest BCUT2D eigenvalue weighted by atomic mass is 35.5. The lowest BCUT2D eigenvalue weighted by atomic mass is 10.1. The Bertz CT molecular complexity index is 1540. The average Bonchev–Trinajstić information content (AvgIpc) is 3.16. The number of benzene rings is 3. The smallest absolute Gasteiger partial charge is 0.345 e. The zero-order chi connectivity index (χ0) is 25.7. The van der Waals surface area contributed by atoms with Gasteiger partial charge in [0.2, 0.25) is 5.88 Å². The van der Waals surface area contributed by atoms with Crippen molar-refractivity contribution in [2.75, 3.05) is 17.2 Å². The van der Waals surface area contributed by atoms with Crippen molar-refractivity contribution in [1.82, 2.24) is 0 Å². The van der Waals surface area contributed by atoms with E-state index >= 15 is 0 Å². The fourth-order valence-corrected chi connectivity index (χ4v) is 3.88. The molecule has 180 valence electrons. The zero-order valence-electron chi connectivity index (χ0n) is 19.0. The summed E-state index contributed by atoms with van der Waals surface area (Å²) in [6.07, 6.45) is 1.17. The molecule has 4 rings (SSSR count). The third kappa shape index (κ3) is 5.52. The molecular weight excluding hydrogens is 501 g/mol. The van der Waals surface area contributed by atoms with E-state index < -0.39 is 11.9 Å². The number of amides is 1. The first kappa shape index (κ1) is 24.9. The lowest BCUT2D eigenvalue weighted by Gasteiger charge is -2.06. The molecule has 0 saturated heterocycles. The summed E-state index contributed by atoms with van der Waals surface area (Å²) in [4.78, 5) is 25.4. The van der Waals surface area contributed by atoms with Crippen molar-refractivity contribution < 1.29 is 18.7 Å². The summed E-state index contributed by atoms with van der Waals surface area (Å²) in [5, 5.41) is 17.6. The molecule has 0 saturated carbocycles. The van der Waals surface area contributed by atoms with Crippen LogP contribution in [-0.4, -0.2) is 18.5 Å². The Morgan fingerprint density at radius 1 is 1.03 bits per heavy atom. The van der Waals surface area contributed by atoms with Crippen LogP contribution in [0.1, 0.15) is 23.0 Å². The van der Waals surface area contributed by atoms with E-state index in [0.717, 1.165) is 10.8 Å². The monoisotopic (exact) mass is 519 g/mol. The number of fused-ring (bicyclic) bond motifs is 1. The number of esters is 1. The molecule has 0 aliphatic rings. The van der Waals surface area contributed by atoms with Gasteiger partial charge < -0.3 is 19.8 Å². The first-order valence-corrected chi connectivity index (χ1v) is 11.6. The molecule has 0 radical (unpaired) electrons. The molecule has 7 nitrogen and oxygen atoms in total. The van der Waals surface area contributed by atoms with Gasteiger partial charge in [-0.05, 0) is 48.0 Å². The van der Waals surface area contributed by atoms with Gasteiger partial charge in [0.15, 0.2) is 5.76 Å². The van der Waals surface area contributed by atoms with Gasteiger partial charge in [-0.15, -0.1) is 0 Å². The second kappa shape index (κ2) is 11.0. The lowest BCUT2D eigenvalue weighted by molar-refractivity contribution is -0.112. The molecule has 1 amide bonds. The number of ether oxygens (including phenoxy) is 1. The largest absolute Gasteiger partial charge is 0.462 e. The van der Waals surface area contributed by atoms with Crippen molar-refractivity contribution in [2.45, 2.75) is 6.92 Å². The van der Waals surface area contributed by atoms with E-state index in [1.807, 2.05) is 36.4 Å². The number of hydrogen-bond donors (Lipinski definition) is 2. The molecule has 0 fully saturated rings. The highest BCUT2D eigenvalue weighted by molar-refractivity contribution is 6.36. The Labute approximate surface area is 216 Å². The Kier molecular flexibility index (Phi) is 7.59. The number of nitrogens with one attached hydrogen (secondary N) is 2. The second-order valence-corrected chi connectivity index (χ2v) is 8.34. The summed E-state index contributed by atoms with van der Waals surface area (Å²) in [5.74, 6) is -1.47. The van der Waals surface area contributed by atoms with E-state index in [1.54, 1.807) is 43.3 Å². The maximum absolute atomic E-state index is 12.8. The van der Waals surface area contributed by atoms with E-state index in [1.165, 1.54) is 6.08 Å². The second-order valence-electron chi connectivity index (χ2n) is 7.53. The van der Waals surface area contributed by atoms with Gasteiger partial charge in [0, 0.05) is 22.5 Å². The third-order valence-corrected chi connectivity index (χ3v) is 5.70. The zero-order valence-corrected chi connectivity index (χ0v) is 20.5. The number of hydrogen-bond acceptors (Lipinski definition) is 6. The van der Waals surface area contributed by atoms with Crippen molar-refractivity contribution >= 4 is 69.2 Å². The maximum atomic E-state index is 12.8. The topological polar surface area (TPSA) is 104 Å². The van der Waals surface area contributed by atoms with E-state index in [9.17, 15) is 14.9 Å². The summed E-state index contributed by atoms with van der Waals surface area (Å²) in [5.41, 5.74) is 0.699. The molecule has 2 N–H and O–H groups in total. The number of anilines is 3. The molecule has 3 aromatic carbocycles. The molecule has 0 atom stereocenters. The van der Waals surface area contributed by atoms with Crippen LogP contribution in [0, 0.1) is 11.3 Å². The molecule has 0 aliphatic carbocycles.